The van der Waals surface area contributed by atoms with Crippen LogP contribution in [0.5, 0.6) is 0 Å². The van der Waals surface area contributed by atoms with Gasteiger partial charge in [-0.25, -0.2) is 4.98 Å². The van der Waals surface area contributed by atoms with E-state index in [2.05, 4.69) is 34.1 Å². The number of aliphatic hydroxyl groups is 1. The van der Waals surface area contributed by atoms with E-state index in [0.29, 0.717) is 18.0 Å². The van der Waals surface area contributed by atoms with Crippen molar-refractivity contribution in [3.8, 4) is 0 Å². The first-order valence-corrected chi connectivity index (χ1v) is 9.06. The molecule has 4 heteroatoms. The van der Waals surface area contributed by atoms with Gasteiger partial charge in [-0.1, -0.05) is 60.1 Å². The average Bonchev–Trinajstić information content (AvgIpc) is 2.64. The van der Waals surface area contributed by atoms with Gasteiger partial charge in [-0.15, -0.1) is 0 Å². The van der Waals surface area contributed by atoms with E-state index in [0.717, 1.165) is 36.1 Å². The number of rotatable bonds is 3. The van der Waals surface area contributed by atoms with Gasteiger partial charge in [0, 0.05) is 30.6 Å². The van der Waals surface area contributed by atoms with Crippen LogP contribution in [0, 0.1) is 0 Å². The standard InChI is InChI=1S/C21H21ClN2O/c22-20-18(14-17-8-4-5-9-19(17)23-20)21(25)10-12-24(13-11-21)15-16-6-2-1-3-7-16/h1-9,14,25H,10-13,15H2. The molecular weight excluding hydrogens is 332 g/mol. The molecule has 4 rings (SSSR count). The van der Waals surface area contributed by atoms with Crippen molar-refractivity contribution in [2.45, 2.75) is 25.0 Å². The second-order valence-corrected chi connectivity index (χ2v) is 7.17. The second kappa shape index (κ2) is 6.75. The van der Waals surface area contributed by atoms with Gasteiger partial charge in [0.25, 0.3) is 0 Å². The van der Waals surface area contributed by atoms with Crippen LogP contribution in [0.3, 0.4) is 0 Å². The molecule has 128 valence electrons. The van der Waals surface area contributed by atoms with Gasteiger partial charge >= 0.3 is 0 Å². The minimum Gasteiger partial charge on any atom is -0.385 e. The summed E-state index contributed by atoms with van der Waals surface area (Å²) < 4.78 is 0. The van der Waals surface area contributed by atoms with E-state index in [1.807, 2.05) is 36.4 Å². The van der Waals surface area contributed by atoms with Gasteiger partial charge in [0.2, 0.25) is 0 Å². The molecule has 2 aromatic carbocycles. The monoisotopic (exact) mass is 352 g/mol. The number of aromatic nitrogens is 1. The van der Waals surface area contributed by atoms with E-state index < -0.39 is 5.60 Å². The normalized spacial score (nSPS) is 17.7. The highest BCUT2D eigenvalue weighted by Gasteiger charge is 2.36. The number of pyridine rings is 1. The minimum atomic E-state index is -0.901. The molecule has 0 bridgehead atoms. The average molecular weight is 353 g/mol. The summed E-state index contributed by atoms with van der Waals surface area (Å²) in [4.78, 5) is 6.86. The van der Waals surface area contributed by atoms with E-state index >= 15 is 0 Å². The predicted molar refractivity (Wildman–Crippen MR) is 102 cm³/mol. The molecule has 3 aromatic rings. The number of para-hydroxylation sites is 1. The van der Waals surface area contributed by atoms with Gasteiger partial charge in [-0.05, 0) is 30.5 Å². The summed E-state index contributed by atoms with van der Waals surface area (Å²) in [5, 5.41) is 12.6. The van der Waals surface area contributed by atoms with Gasteiger partial charge in [0.05, 0.1) is 11.1 Å². The number of hydrogen-bond donors (Lipinski definition) is 1. The molecule has 0 amide bonds. The van der Waals surface area contributed by atoms with E-state index in [4.69, 9.17) is 11.6 Å². The number of halogens is 1. The number of likely N-dealkylation sites (tertiary alicyclic amines) is 1. The fraction of sp³-hybridized carbons (Fsp3) is 0.286. The summed E-state index contributed by atoms with van der Waals surface area (Å²) in [5.74, 6) is 0. The van der Waals surface area contributed by atoms with Crippen molar-refractivity contribution in [2.75, 3.05) is 13.1 Å². The lowest BCUT2D eigenvalue weighted by Gasteiger charge is -2.38. The Morgan fingerprint density at radius 3 is 2.44 bits per heavy atom. The van der Waals surface area contributed by atoms with Gasteiger partial charge in [-0.2, -0.15) is 0 Å². The number of fused-ring (bicyclic) bond motifs is 1. The summed E-state index contributed by atoms with van der Waals surface area (Å²) in [6.07, 6.45) is 1.33. The SMILES string of the molecule is OC1(c2cc3ccccc3nc2Cl)CCN(Cc2ccccc2)CC1. The third-order valence-electron chi connectivity index (χ3n) is 5.11. The van der Waals surface area contributed by atoms with Crippen LogP contribution < -0.4 is 0 Å². The molecule has 1 aliphatic rings. The highest BCUT2D eigenvalue weighted by atomic mass is 35.5. The molecule has 1 N–H and O–H groups in total. The smallest absolute Gasteiger partial charge is 0.135 e. The lowest BCUT2D eigenvalue weighted by molar-refractivity contribution is -0.0277. The minimum absolute atomic E-state index is 0.415. The quantitative estimate of drug-likeness (QED) is 0.711. The fourth-order valence-corrected chi connectivity index (χ4v) is 3.93. The van der Waals surface area contributed by atoms with Gasteiger partial charge in [0.15, 0.2) is 0 Å². The zero-order chi connectivity index (χ0) is 17.3. The van der Waals surface area contributed by atoms with Crippen molar-refractivity contribution in [2.24, 2.45) is 0 Å². The van der Waals surface area contributed by atoms with E-state index in [-0.39, 0.29) is 0 Å². The van der Waals surface area contributed by atoms with Gasteiger partial charge in [0.1, 0.15) is 5.15 Å². The lowest BCUT2D eigenvalue weighted by atomic mass is 9.84. The molecular formula is C21H21ClN2O. The Balaban J connectivity index is 1.53. The van der Waals surface area contributed by atoms with Crippen molar-refractivity contribution in [3.63, 3.8) is 0 Å². The Kier molecular flexibility index (Phi) is 4.46. The molecule has 0 spiro atoms. The molecule has 0 unspecified atom stereocenters. The van der Waals surface area contributed by atoms with Crippen LogP contribution in [0.1, 0.15) is 24.0 Å². The Hall–Kier alpha value is -1.94. The van der Waals surface area contributed by atoms with Crippen LogP contribution >= 0.6 is 11.6 Å². The van der Waals surface area contributed by atoms with Gasteiger partial charge < -0.3 is 5.11 Å². The molecule has 25 heavy (non-hydrogen) atoms. The van der Waals surface area contributed by atoms with Crippen molar-refractivity contribution < 1.29 is 5.11 Å². The Morgan fingerprint density at radius 2 is 1.68 bits per heavy atom. The van der Waals surface area contributed by atoms with Gasteiger partial charge in [-0.3, -0.25) is 4.90 Å². The zero-order valence-corrected chi connectivity index (χ0v) is 14.8. The summed E-state index contributed by atoms with van der Waals surface area (Å²) in [6.45, 7) is 2.60. The first-order chi connectivity index (χ1) is 12.1. The van der Waals surface area contributed by atoms with Crippen LogP contribution in [-0.4, -0.2) is 28.1 Å². The Labute approximate surface area is 152 Å². The van der Waals surface area contributed by atoms with Crippen molar-refractivity contribution in [1.29, 1.82) is 0 Å². The highest BCUT2D eigenvalue weighted by Crippen LogP contribution is 2.37. The predicted octanol–water partition coefficient (Wildman–Crippen LogP) is 4.37. The maximum absolute atomic E-state index is 11.2. The molecule has 2 heterocycles. The highest BCUT2D eigenvalue weighted by molar-refractivity contribution is 6.30. The maximum atomic E-state index is 11.2. The molecule has 1 fully saturated rings. The third kappa shape index (κ3) is 3.40. The molecule has 1 aliphatic heterocycles. The van der Waals surface area contributed by atoms with E-state index in [1.54, 1.807) is 0 Å². The van der Waals surface area contributed by atoms with Crippen LogP contribution in [0.15, 0.2) is 60.7 Å². The number of benzene rings is 2. The third-order valence-corrected chi connectivity index (χ3v) is 5.40. The maximum Gasteiger partial charge on any atom is 0.135 e. The summed E-state index contributed by atoms with van der Waals surface area (Å²) in [5.41, 5.74) is 2.02. The molecule has 3 nitrogen and oxygen atoms in total. The molecule has 0 radical (unpaired) electrons. The summed E-state index contributed by atoms with van der Waals surface area (Å²) in [6, 6.07) is 20.3. The van der Waals surface area contributed by atoms with Crippen LogP contribution in [0.2, 0.25) is 5.15 Å². The van der Waals surface area contributed by atoms with Crippen LogP contribution in [0.25, 0.3) is 10.9 Å². The van der Waals surface area contributed by atoms with Crippen molar-refractivity contribution in [3.05, 3.63) is 76.9 Å². The molecule has 0 saturated carbocycles. The number of piperidine rings is 1. The van der Waals surface area contributed by atoms with Crippen LogP contribution in [-0.2, 0) is 12.1 Å². The Morgan fingerprint density at radius 1 is 1.00 bits per heavy atom. The summed E-state index contributed by atoms with van der Waals surface area (Å²) in [7, 11) is 0. The van der Waals surface area contributed by atoms with Crippen LogP contribution in [0.4, 0.5) is 0 Å². The largest absolute Gasteiger partial charge is 0.385 e. The lowest BCUT2D eigenvalue weighted by Crippen LogP contribution is -2.42. The molecule has 0 atom stereocenters. The van der Waals surface area contributed by atoms with Crippen molar-refractivity contribution in [1.82, 2.24) is 9.88 Å². The topological polar surface area (TPSA) is 36.4 Å². The molecule has 1 saturated heterocycles. The molecule has 0 aliphatic carbocycles. The van der Waals surface area contributed by atoms with E-state index in [1.165, 1.54) is 5.56 Å². The van der Waals surface area contributed by atoms with Crippen molar-refractivity contribution >= 4 is 22.5 Å². The summed E-state index contributed by atoms with van der Waals surface area (Å²) >= 11 is 6.41. The Bertz CT molecular complexity index is 873. The zero-order valence-electron chi connectivity index (χ0n) is 14.0. The molecule has 1 aromatic heterocycles. The second-order valence-electron chi connectivity index (χ2n) is 6.81. The fourth-order valence-electron chi connectivity index (χ4n) is 3.61. The number of hydrogen-bond acceptors (Lipinski definition) is 3. The first-order valence-electron chi connectivity index (χ1n) is 8.68. The first kappa shape index (κ1) is 16.5. The number of nitrogens with zero attached hydrogens (tertiary/aromatic N) is 2. The van der Waals surface area contributed by atoms with E-state index in [9.17, 15) is 5.11 Å².